The molecule has 0 aliphatic carbocycles. The van der Waals surface area contributed by atoms with Crippen LogP contribution in [0.3, 0.4) is 0 Å². The van der Waals surface area contributed by atoms with E-state index in [1.165, 1.54) is 0 Å². The van der Waals surface area contributed by atoms with E-state index >= 15 is 0 Å². The van der Waals surface area contributed by atoms with E-state index in [0.29, 0.717) is 5.66 Å². The Morgan fingerprint density at radius 2 is 1.57 bits per heavy atom. The van der Waals surface area contributed by atoms with Gasteiger partial charge in [-0.1, -0.05) is 0 Å². The standard InChI is InChI=1S/C11H19OP.BrH/c1-10(2)13(3,4)12-11-8-6-5-7-9-11;/h5-10,13H,1-4H3;1H. The van der Waals surface area contributed by atoms with Crippen LogP contribution in [0.5, 0.6) is 5.75 Å². The summed E-state index contributed by atoms with van der Waals surface area (Å²) in [7, 11) is -1.52. The van der Waals surface area contributed by atoms with Crippen molar-refractivity contribution in [3.8, 4) is 5.75 Å². The summed E-state index contributed by atoms with van der Waals surface area (Å²) in [5.41, 5.74) is 0.646. The molecule has 0 radical (unpaired) electrons. The third-order valence-electron chi connectivity index (χ3n) is 2.51. The molecule has 0 amide bonds. The summed E-state index contributed by atoms with van der Waals surface area (Å²) in [4.78, 5) is 0. The molecule has 14 heavy (non-hydrogen) atoms. The third-order valence-corrected chi connectivity index (χ3v) is 6.06. The van der Waals surface area contributed by atoms with E-state index in [9.17, 15) is 0 Å². The summed E-state index contributed by atoms with van der Waals surface area (Å²) in [6.45, 7) is 8.97. The first kappa shape index (κ1) is 13.9. The molecule has 3 heteroatoms. The molecule has 1 aromatic rings. The quantitative estimate of drug-likeness (QED) is 0.760. The van der Waals surface area contributed by atoms with Crippen LogP contribution in [0.2, 0.25) is 0 Å². The molecule has 1 nitrogen and oxygen atoms in total. The number of halogens is 1. The van der Waals surface area contributed by atoms with Gasteiger partial charge < -0.3 is 0 Å². The summed E-state index contributed by atoms with van der Waals surface area (Å²) in [5, 5.41) is 0. The van der Waals surface area contributed by atoms with Gasteiger partial charge in [0.25, 0.3) is 0 Å². The molecule has 0 unspecified atom stereocenters. The minimum absolute atomic E-state index is 0. The van der Waals surface area contributed by atoms with Crippen molar-refractivity contribution in [3.63, 3.8) is 0 Å². The second kappa shape index (κ2) is 5.72. The van der Waals surface area contributed by atoms with E-state index < -0.39 is 7.49 Å². The first-order chi connectivity index (χ1) is 6.02. The predicted molar refractivity (Wildman–Crippen MR) is 72.7 cm³/mol. The maximum atomic E-state index is 6.00. The van der Waals surface area contributed by atoms with Crippen LogP contribution >= 0.6 is 24.5 Å². The van der Waals surface area contributed by atoms with Crippen LogP contribution in [0.25, 0.3) is 0 Å². The number of benzene rings is 1. The maximum absolute atomic E-state index is 6.00. The number of hydrogen-bond acceptors (Lipinski definition) is 1. The Morgan fingerprint density at radius 1 is 1.07 bits per heavy atom. The molecule has 0 saturated heterocycles. The molecule has 0 spiro atoms. The monoisotopic (exact) mass is 278 g/mol. The van der Waals surface area contributed by atoms with Gasteiger partial charge in [-0.25, -0.2) is 0 Å². The van der Waals surface area contributed by atoms with E-state index in [2.05, 4.69) is 27.2 Å². The van der Waals surface area contributed by atoms with Gasteiger partial charge in [0.05, 0.1) is 0 Å². The van der Waals surface area contributed by atoms with Crippen LogP contribution in [0.15, 0.2) is 30.3 Å². The van der Waals surface area contributed by atoms with Crippen molar-refractivity contribution in [1.29, 1.82) is 0 Å². The molecule has 0 saturated carbocycles. The van der Waals surface area contributed by atoms with Crippen molar-refractivity contribution < 1.29 is 4.52 Å². The SMILES string of the molecule is Br.CC(C)[PH](C)(C)Oc1ccccc1. The molecule has 0 fully saturated rings. The van der Waals surface area contributed by atoms with Gasteiger partial charge in [-0.2, -0.15) is 0 Å². The molecular weight excluding hydrogens is 259 g/mol. The Bertz CT molecular complexity index is 259. The zero-order valence-electron chi connectivity index (χ0n) is 9.28. The minimum atomic E-state index is -1.52. The second-order valence-electron chi connectivity index (χ2n) is 4.17. The zero-order valence-corrected chi connectivity index (χ0v) is 12.0. The van der Waals surface area contributed by atoms with Gasteiger partial charge >= 0.3 is 80.9 Å². The molecule has 0 N–H and O–H groups in total. The van der Waals surface area contributed by atoms with Crippen LogP contribution in [0.4, 0.5) is 0 Å². The summed E-state index contributed by atoms with van der Waals surface area (Å²) in [6, 6.07) is 10.1. The van der Waals surface area contributed by atoms with Crippen molar-refractivity contribution >= 4 is 24.5 Å². The molecule has 0 aliphatic heterocycles. The van der Waals surface area contributed by atoms with Crippen LogP contribution in [-0.2, 0) is 0 Å². The van der Waals surface area contributed by atoms with Crippen LogP contribution < -0.4 is 4.52 Å². The molecule has 0 bridgehead atoms. The Labute approximate surface area is 98.1 Å². The van der Waals surface area contributed by atoms with Crippen molar-refractivity contribution in [2.45, 2.75) is 19.5 Å². The van der Waals surface area contributed by atoms with Gasteiger partial charge in [-0.3, -0.25) is 0 Å². The molecule has 1 aromatic carbocycles. The third kappa shape index (κ3) is 3.98. The van der Waals surface area contributed by atoms with Crippen molar-refractivity contribution in [2.75, 3.05) is 13.3 Å². The van der Waals surface area contributed by atoms with Gasteiger partial charge in [0, 0.05) is 0 Å². The van der Waals surface area contributed by atoms with E-state index in [-0.39, 0.29) is 17.0 Å². The fraction of sp³-hybridized carbons (Fsp3) is 0.455. The van der Waals surface area contributed by atoms with Gasteiger partial charge in [-0.15, -0.1) is 17.0 Å². The van der Waals surface area contributed by atoms with E-state index in [0.717, 1.165) is 5.75 Å². The molecule has 82 valence electrons. The fourth-order valence-corrected chi connectivity index (χ4v) is 1.89. The van der Waals surface area contributed by atoms with Crippen LogP contribution in [0.1, 0.15) is 13.8 Å². The summed E-state index contributed by atoms with van der Waals surface area (Å²) in [5.74, 6) is 1.01. The van der Waals surface area contributed by atoms with Crippen molar-refractivity contribution in [1.82, 2.24) is 0 Å². The van der Waals surface area contributed by atoms with Gasteiger partial charge in [0.2, 0.25) is 0 Å². The van der Waals surface area contributed by atoms with Crippen LogP contribution in [0, 0.1) is 0 Å². The molecular formula is C11H20BrOP. The number of para-hydroxylation sites is 1. The molecule has 0 atom stereocenters. The summed E-state index contributed by atoms with van der Waals surface area (Å²) in [6.07, 6.45) is 0. The number of hydrogen-bond donors (Lipinski definition) is 0. The zero-order chi connectivity index (χ0) is 9.90. The van der Waals surface area contributed by atoms with Crippen molar-refractivity contribution in [2.24, 2.45) is 0 Å². The Kier molecular flexibility index (Phi) is 5.70. The van der Waals surface area contributed by atoms with Crippen LogP contribution in [-0.4, -0.2) is 19.0 Å². The van der Waals surface area contributed by atoms with Crippen molar-refractivity contribution in [3.05, 3.63) is 30.3 Å². The Hall–Kier alpha value is -0.0700. The fourth-order valence-electron chi connectivity index (χ4n) is 0.910. The average Bonchev–Trinajstić information content (AvgIpc) is 2.05. The Balaban J connectivity index is 0.00000169. The predicted octanol–water partition coefficient (Wildman–Crippen LogP) is 3.98. The van der Waals surface area contributed by atoms with E-state index in [1.807, 2.05) is 30.3 Å². The molecule has 0 heterocycles. The van der Waals surface area contributed by atoms with Gasteiger partial charge in [-0.05, 0) is 0 Å². The number of rotatable bonds is 3. The van der Waals surface area contributed by atoms with E-state index in [4.69, 9.17) is 4.52 Å². The van der Waals surface area contributed by atoms with Gasteiger partial charge in [0.1, 0.15) is 0 Å². The normalized spacial score (nSPS) is 12.1. The molecule has 1 rings (SSSR count). The molecule has 0 aromatic heterocycles. The first-order valence-corrected chi connectivity index (χ1v) is 7.75. The first-order valence-electron chi connectivity index (χ1n) is 4.76. The topological polar surface area (TPSA) is 9.23 Å². The van der Waals surface area contributed by atoms with E-state index in [1.54, 1.807) is 0 Å². The van der Waals surface area contributed by atoms with Gasteiger partial charge in [0.15, 0.2) is 0 Å². The average molecular weight is 279 g/mol. The summed E-state index contributed by atoms with van der Waals surface area (Å²) < 4.78 is 6.00. The molecule has 0 aliphatic rings. The second-order valence-corrected chi connectivity index (χ2v) is 8.74. The Morgan fingerprint density at radius 3 is 2.00 bits per heavy atom. The summed E-state index contributed by atoms with van der Waals surface area (Å²) >= 11 is 0.